The number of alkyl carbamates (subject to hydrolysis) is 1. The molecule has 1 unspecified atom stereocenters. The molecular weight excluding hydrogens is 711 g/mol. The second-order valence-electron chi connectivity index (χ2n) is 12.7. The minimum Gasteiger partial charge on any atom is -0.461 e. The predicted octanol–water partition coefficient (Wildman–Crippen LogP) is 7.68. The van der Waals surface area contributed by atoms with Crippen molar-refractivity contribution in [3.05, 3.63) is 53.6 Å². The quantitative estimate of drug-likeness (QED) is 0.0766. The first-order valence-electron chi connectivity index (χ1n) is 15.3. The van der Waals surface area contributed by atoms with Gasteiger partial charge in [0.2, 0.25) is 0 Å². The molecule has 17 heteroatoms. The molecule has 1 saturated heterocycles. The van der Waals surface area contributed by atoms with Crippen molar-refractivity contribution in [3.8, 4) is 10.7 Å². The van der Waals surface area contributed by atoms with Crippen LogP contribution in [0.15, 0.2) is 21.5 Å². The Labute approximate surface area is 295 Å². The number of thiazole rings is 4. The van der Waals surface area contributed by atoms with Gasteiger partial charge in [0.25, 0.3) is 0 Å². The average molecular weight is 748 g/mol. The van der Waals surface area contributed by atoms with Gasteiger partial charge in [-0.2, -0.15) is 0 Å². The molecule has 0 radical (unpaired) electrons. The number of nitrogens with one attached hydrogen (secondary N) is 1. The maximum absolute atomic E-state index is 14.0. The molecule has 3 atom stereocenters. The fourth-order valence-electron chi connectivity index (χ4n) is 4.46. The Morgan fingerprint density at radius 1 is 1.00 bits per heavy atom. The topological polar surface area (TPSA) is 160 Å². The molecule has 1 N–H and O–H groups in total. The summed E-state index contributed by atoms with van der Waals surface area (Å²) in [4.78, 5) is 69.3. The van der Waals surface area contributed by atoms with Crippen LogP contribution in [0.4, 0.5) is 4.79 Å². The largest absolute Gasteiger partial charge is 0.461 e. The van der Waals surface area contributed by atoms with E-state index in [2.05, 4.69) is 54.1 Å². The first-order chi connectivity index (χ1) is 22.7. The van der Waals surface area contributed by atoms with E-state index in [1.165, 1.54) is 45.3 Å². The third kappa shape index (κ3) is 8.14. The lowest BCUT2D eigenvalue weighted by atomic mass is 9.96. The Morgan fingerprint density at radius 2 is 1.75 bits per heavy atom. The Balaban J connectivity index is 1.33. The number of esters is 1. The first kappa shape index (κ1) is 36.1. The number of ether oxygens (including phenoxy) is 2. The van der Waals surface area contributed by atoms with E-state index in [0.29, 0.717) is 27.3 Å². The third-order valence-electron chi connectivity index (χ3n) is 8.26. The van der Waals surface area contributed by atoms with Crippen LogP contribution in [0, 0.1) is 0 Å². The standard InChI is InChI=1S/C31H37N5O7S4Si/c1-8-41-29(39)21-15-45-26(35-21)20-14-46-27(34-20)22(37)10-9-18(25-32-17(12-44-25)11-42-48(6,7)31(3,4)5)24(38)19-13-47-28(33-19)23-16(2)43-30(40)36-23/h12-16,18,23H,8-11H2,1-7H3,(H,36,40)/t16-,18?,23+/m1/s1. The highest BCUT2D eigenvalue weighted by Gasteiger charge is 2.38. The number of aromatic nitrogens is 4. The van der Waals surface area contributed by atoms with Gasteiger partial charge in [-0.05, 0) is 38.4 Å². The van der Waals surface area contributed by atoms with Crippen molar-refractivity contribution in [1.29, 1.82) is 0 Å². The molecule has 0 aromatic carbocycles. The van der Waals surface area contributed by atoms with Gasteiger partial charge in [0, 0.05) is 27.9 Å². The van der Waals surface area contributed by atoms with Crippen molar-refractivity contribution >= 4 is 77.3 Å². The van der Waals surface area contributed by atoms with Crippen LogP contribution >= 0.6 is 45.3 Å². The number of hydrogen-bond donors (Lipinski definition) is 1. The van der Waals surface area contributed by atoms with E-state index in [4.69, 9.17) is 18.9 Å². The average Bonchev–Trinajstić information content (AvgIpc) is 3.86. The van der Waals surface area contributed by atoms with Crippen LogP contribution in [0.1, 0.15) is 106 Å². The molecule has 12 nitrogen and oxygen atoms in total. The molecule has 4 aromatic rings. The summed E-state index contributed by atoms with van der Waals surface area (Å²) in [5.74, 6) is -1.72. The summed E-state index contributed by atoms with van der Waals surface area (Å²) < 4.78 is 16.6. The molecule has 5 heterocycles. The van der Waals surface area contributed by atoms with Gasteiger partial charge in [0.15, 0.2) is 30.6 Å². The van der Waals surface area contributed by atoms with Gasteiger partial charge >= 0.3 is 12.1 Å². The minimum absolute atomic E-state index is 0.0345. The Bertz CT molecular complexity index is 1810. The molecule has 1 aliphatic heterocycles. The van der Waals surface area contributed by atoms with E-state index in [1.54, 1.807) is 30.0 Å². The highest BCUT2D eigenvalue weighted by molar-refractivity contribution is 7.15. The minimum atomic E-state index is -2.03. The van der Waals surface area contributed by atoms with Gasteiger partial charge < -0.3 is 19.2 Å². The number of amides is 1. The van der Waals surface area contributed by atoms with E-state index in [0.717, 1.165) is 5.69 Å². The molecule has 48 heavy (non-hydrogen) atoms. The lowest BCUT2D eigenvalue weighted by Crippen LogP contribution is -2.40. The highest BCUT2D eigenvalue weighted by atomic mass is 32.1. The van der Waals surface area contributed by atoms with Crippen LogP contribution < -0.4 is 5.32 Å². The number of carbonyl (C=O) groups is 4. The lowest BCUT2D eigenvalue weighted by molar-refractivity contribution is 0.0520. The molecule has 0 saturated carbocycles. The molecule has 256 valence electrons. The first-order valence-corrected chi connectivity index (χ1v) is 21.8. The van der Waals surface area contributed by atoms with Crippen molar-refractivity contribution in [2.24, 2.45) is 0 Å². The lowest BCUT2D eigenvalue weighted by Gasteiger charge is -2.35. The van der Waals surface area contributed by atoms with Crippen LogP contribution in [-0.2, 0) is 20.5 Å². The van der Waals surface area contributed by atoms with Gasteiger partial charge in [-0.15, -0.1) is 45.3 Å². The third-order valence-corrected chi connectivity index (χ3v) is 16.4. The zero-order chi connectivity index (χ0) is 34.8. The van der Waals surface area contributed by atoms with Gasteiger partial charge in [-0.3, -0.25) is 9.59 Å². The summed E-state index contributed by atoms with van der Waals surface area (Å²) in [6.45, 7) is 14.9. The maximum atomic E-state index is 14.0. The summed E-state index contributed by atoms with van der Waals surface area (Å²) in [7, 11) is -2.03. The number of nitrogens with zero attached hydrogens (tertiary/aromatic N) is 4. The van der Waals surface area contributed by atoms with E-state index in [-0.39, 0.29) is 52.4 Å². The molecule has 1 amide bonds. The Kier molecular flexibility index (Phi) is 11.1. The van der Waals surface area contributed by atoms with Gasteiger partial charge in [-0.25, -0.2) is 29.5 Å². The fourth-order valence-corrected chi connectivity index (χ4v) is 8.88. The van der Waals surface area contributed by atoms with E-state index in [9.17, 15) is 19.2 Å². The second-order valence-corrected chi connectivity index (χ2v) is 21.0. The van der Waals surface area contributed by atoms with Crippen LogP contribution in [0.2, 0.25) is 18.1 Å². The zero-order valence-electron chi connectivity index (χ0n) is 27.6. The predicted molar refractivity (Wildman–Crippen MR) is 188 cm³/mol. The summed E-state index contributed by atoms with van der Waals surface area (Å²) in [6, 6.07) is -0.451. The Hall–Kier alpha value is -3.22. The van der Waals surface area contributed by atoms with Crippen molar-refractivity contribution < 1.29 is 33.1 Å². The SMILES string of the molecule is CCOC(=O)c1csc(-c2csc(C(=O)CCC(C(=O)c3csc([C@H]4NC(=O)O[C@@H]4C)n3)c3nc(CO[Si](C)(C)C(C)(C)C)cs3)n2)n1. The van der Waals surface area contributed by atoms with Crippen LogP contribution in [0.3, 0.4) is 0 Å². The molecular formula is C31H37N5O7S4Si. The van der Waals surface area contributed by atoms with Crippen molar-refractivity contribution in [2.45, 2.75) is 90.3 Å². The molecule has 1 aliphatic rings. The monoisotopic (exact) mass is 747 g/mol. The molecule has 1 fully saturated rings. The van der Waals surface area contributed by atoms with Crippen molar-refractivity contribution in [3.63, 3.8) is 0 Å². The summed E-state index contributed by atoms with van der Waals surface area (Å²) in [5.41, 5.74) is 1.67. The number of carbonyl (C=O) groups excluding carboxylic acids is 4. The summed E-state index contributed by atoms with van der Waals surface area (Å²) in [5, 5.41) is 11.6. The van der Waals surface area contributed by atoms with E-state index >= 15 is 0 Å². The number of Topliss-reactive ketones (excluding diaryl/α,β-unsaturated/α-hetero) is 2. The van der Waals surface area contributed by atoms with E-state index in [1.807, 2.05) is 5.38 Å². The van der Waals surface area contributed by atoms with Crippen LogP contribution in [-0.4, -0.2) is 64.6 Å². The summed E-state index contributed by atoms with van der Waals surface area (Å²) in [6.07, 6.45) is -0.710. The smallest absolute Gasteiger partial charge is 0.408 e. The molecule has 5 rings (SSSR count). The van der Waals surface area contributed by atoms with Crippen LogP contribution in [0.5, 0.6) is 0 Å². The van der Waals surface area contributed by atoms with Gasteiger partial charge in [0.1, 0.15) is 38.6 Å². The van der Waals surface area contributed by atoms with Crippen molar-refractivity contribution in [2.75, 3.05) is 6.61 Å². The number of hydrogen-bond acceptors (Lipinski definition) is 15. The molecule has 0 aliphatic carbocycles. The normalized spacial score (nSPS) is 17.2. The van der Waals surface area contributed by atoms with E-state index < -0.39 is 38.4 Å². The number of rotatable bonds is 14. The number of ketones is 2. The Morgan fingerprint density at radius 3 is 2.44 bits per heavy atom. The summed E-state index contributed by atoms with van der Waals surface area (Å²) >= 11 is 5.06. The highest BCUT2D eigenvalue weighted by Crippen LogP contribution is 2.38. The molecule has 0 bridgehead atoms. The van der Waals surface area contributed by atoms with Gasteiger partial charge in [0.05, 0.1) is 24.8 Å². The molecule has 4 aromatic heterocycles. The zero-order valence-corrected chi connectivity index (χ0v) is 31.9. The maximum Gasteiger partial charge on any atom is 0.408 e. The second kappa shape index (κ2) is 14.7. The van der Waals surface area contributed by atoms with Crippen LogP contribution in [0.25, 0.3) is 10.7 Å². The number of cyclic esters (lactones) is 1. The fraction of sp³-hybridized carbons (Fsp3) is 0.484. The molecule has 0 spiro atoms. The van der Waals surface area contributed by atoms with Gasteiger partial charge in [-0.1, -0.05) is 20.8 Å². The van der Waals surface area contributed by atoms with Crippen molar-refractivity contribution in [1.82, 2.24) is 25.3 Å².